The van der Waals surface area contributed by atoms with Gasteiger partial charge in [0, 0.05) is 0 Å². The zero-order chi connectivity index (χ0) is 17.2. The van der Waals surface area contributed by atoms with Crippen LogP contribution in [0.2, 0.25) is 0 Å². The molecule has 0 saturated heterocycles. The molecule has 0 aliphatic carbocycles. The molecule has 6 heteroatoms. The molecule has 0 radical (unpaired) electrons. The maximum absolute atomic E-state index is 13.2. The summed E-state index contributed by atoms with van der Waals surface area (Å²) in [6, 6.07) is 13.0. The van der Waals surface area contributed by atoms with Crippen LogP contribution in [0, 0.1) is 6.92 Å². The molecule has 0 atom stereocenters. The molecule has 0 unspecified atom stereocenters. The molecule has 0 fully saturated rings. The van der Waals surface area contributed by atoms with Gasteiger partial charge in [0.15, 0.2) is 0 Å². The molecule has 126 valence electrons. The minimum Gasteiger partial charge on any atom is -0.467 e. The number of carbonyl (C=O) groups excluding carboxylic acids is 1. The van der Waals surface area contributed by atoms with Crippen LogP contribution in [-0.2, 0) is 13.1 Å². The molecule has 0 spiro atoms. The summed E-state index contributed by atoms with van der Waals surface area (Å²) in [6.07, 6.45) is 4.97. The van der Waals surface area contributed by atoms with E-state index in [-0.39, 0.29) is 5.91 Å². The summed E-state index contributed by atoms with van der Waals surface area (Å²) in [5, 5.41) is 0. The Morgan fingerprint density at radius 1 is 1.12 bits per heavy atom. The van der Waals surface area contributed by atoms with E-state index in [4.69, 9.17) is 8.83 Å². The van der Waals surface area contributed by atoms with Crippen molar-refractivity contribution in [3.8, 4) is 0 Å². The van der Waals surface area contributed by atoms with Gasteiger partial charge in [-0.2, -0.15) is 0 Å². The van der Waals surface area contributed by atoms with Gasteiger partial charge in [-0.1, -0.05) is 6.07 Å². The van der Waals surface area contributed by atoms with E-state index < -0.39 is 0 Å². The van der Waals surface area contributed by atoms with Crippen LogP contribution in [0.4, 0.5) is 0 Å². The molecule has 0 saturated carbocycles. The predicted octanol–water partition coefficient (Wildman–Crippen LogP) is 3.67. The van der Waals surface area contributed by atoms with Crippen LogP contribution in [0.1, 0.15) is 27.8 Å². The van der Waals surface area contributed by atoms with E-state index in [1.165, 1.54) is 0 Å². The Bertz CT molecular complexity index is 998. The molecular formula is C19H17N3O3. The van der Waals surface area contributed by atoms with Gasteiger partial charge in [-0.05, 0) is 43.3 Å². The van der Waals surface area contributed by atoms with Crippen molar-refractivity contribution >= 4 is 11.4 Å². The van der Waals surface area contributed by atoms with Crippen molar-refractivity contribution in [1.29, 1.82) is 0 Å². The normalized spacial score (nSPS) is 11.1. The molecule has 25 heavy (non-hydrogen) atoms. The number of amides is 1. The Labute approximate surface area is 144 Å². The highest BCUT2D eigenvalue weighted by Gasteiger charge is 2.21. The molecule has 4 rings (SSSR count). The summed E-state index contributed by atoms with van der Waals surface area (Å²) < 4.78 is 12.9. The van der Waals surface area contributed by atoms with Gasteiger partial charge in [0.1, 0.15) is 23.0 Å². The minimum atomic E-state index is -0.117. The van der Waals surface area contributed by atoms with Crippen molar-refractivity contribution in [1.82, 2.24) is 14.3 Å². The monoisotopic (exact) mass is 335 g/mol. The topological polar surface area (TPSA) is 63.9 Å². The van der Waals surface area contributed by atoms with E-state index in [1.54, 1.807) is 34.2 Å². The van der Waals surface area contributed by atoms with Crippen molar-refractivity contribution in [2.45, 2.75) is 20.0 Å². The fourth-order valence-corrected chi connectivity index (χ4v) is 2.83. The Morgan fingerprint density at radius 3 is 2.76 bits per heavy atom. The number of nitrogens with zero attached hydrogens (tertiary/aromatic N) is 3. The number of aromatic nitrogens is 2. The molecule has 0 aliphatic rings. The number of rotatable bonds is 5. The Hall–Kier alpha value is -3.28. The second kappa shape index (κ2) is 6.32. The molecule has 6 nitrogen and oxygen atoms in total. The summed E-state index contributed by atoms with van der Waals surface area (Å²) in [4.78, 5) is 19.0. The Morgan fingerprint density at radius 2 is 2.00 bits per heavy atom. The number of furan rings is 2. The third kappa shape index (κ3) is 3.06. The number of hydrogen-bond acceptors (Lipinski definition) is 4. The largest absolute Gasteiger partial charge is 0.467 e. The Balaban J connectivity index is 1.68. The third-order valence-corrected chi connectivity index (χ3v) is 4.02. The van der Waals surface area contributed by atoms with Gasteiger partial charge >= 0.3 is 0 Å². The Kier molecular flexibility index (Phi) is 3.85. The highest BCUT2D eigenvalue weighted by atomic mass is 16.3. The first-order valence-electron chi connectivity index (χ1n) is 7.99. The lowest BCUT2D eigenvalue weighted by Gasteiger charge is -2.21. The summed E-state index contributed by atoms with van der Waals surface area (Å²) in [5.74, 6) is 2.15. The van der Waals surface area contributed by atoms with Crippen LogP contribution in [0.25, 0.3) is 5.52 Å². The van der Waals surface area contributed by atoms with Gasteiger partial charge < -0.3 is 13.7 Å². The molecule has 4 heterocycles. The average molecular weight is 335 g/mol. The van der Waals surface area contributed by atoms with Crippen LogP contribution in [-0.4, -0.2) is 20.2 Å². The lowest BCUT2D eigenvalue weighted by molar-refractivity contribution is 0.0696. The molecule has 0 aliphatic heterocycles. The smallest absolute Gasteiger partial charge is 0.271 e. The summed E-state index contributed by atoms with van der Waals surface area (Å²) in [6.45, 7) is 2.60. The van der Waals surface area contributed by atoms with Crippen LogP contribution in [0.15, 0.2) is 70.1 Å². The highest BCUT2D eigenvalue weighted by molar-refractivity contribution is 5.93. The standard InChI is InChI=1S/C19H17N3O3/c1-14-7-8-17(25-14)12-21(11-16-5-3-9-24-16)19(23)18-6-2-4-15-10-20-13-22(15)18/h2-10,13H,11-12H2,1H3. The predicted molar refractivity (Wildman–Crippen MR) is 90.9 cm³/mol. The fourth-order valence-electron chi connectivity index (χ4n) is 2.83. The number of aryl methyl sites for hydroxylation is 1. The molecule has 4 aromatic heterocycles. The lowest BCUT2D eigenvalue weighted by Crippen LogP contribution is -2.31. The molecule has 0 bridgehead atoms. The molecule has 4 aromatic rings. The quantitative estimate of drug-likeness (QED) is 0.558. The SMILES string of the molecule is Cc1ccc(CN(Cc2ccco2)C(=O)c2cccc3cncn23)o1. The van der Waals surface area contributed by atoms with Gasteiger partial charge in [-0.25, -0.2) is 4.98 Å². The number of fused-ring (bicyclic) bond motifs is 1. The van der Waals surface area contributed by atoms with Crippen LogP contribution in [0.3, 0.4) is 0 Å². The molecule has 1 amide bonds. The van der Waals surface area contributed by atoms with Crippen molar-refractivity contribution in [2.75, 3.05) is 0 Å². The van der Waals surface area contributed by atoms with E-state index in [9.17, 15) is 4.79 Å². The van der Waals surface area contributed by atoms with Crippen molar-refractivity contribution in [2.24, 2.45) is 0 Å². The van der Waals surface area contributed by atoms with E-state index in [1.807, 2.05) is 43.3 Å². The van der Waals surface area contributed by atoms with E-state index in [0.717, 1.165) is 22.8 Å². The van der Waals surface area contributed by atoms with E-state index in [0.29, 0.717) is 18.8 Å². The summed E-state index contributed by atoms with van der Waals surface area (Å²) in [7, 11) is 0. The summed E-state index contributed by atoms with van der Waals surface area (Å²) in [5.41, 5.74) is 1.42. The first kappa shape index (κ1) is 15.3. The third-order valence-electron chi connectivity index (χ3n) is 4.02. The van der Waals surface area contributed by atoms with Crippen molar-refractivity contribution in [3.63, 3.8) is 0 Å². The van der Waals surface area contributed by atoms with Crippen LogP contribution in [0.5, 0.6) is 0 Å². The van der Waals surface area contributed by atoms with E-state index >= 15 is 0 Å². The second-order valence-electron chi connectivity index (χ2n) is 5.85. The maximum atomic E-state index is 13.2. The zero-order valence-corrected chi connectivity index (χ0v) is 13.8. The van der Waals surface area contributed by atoms with E-state index in [2.05, 4.69) is 4.98 Å². The first-order chi connectivity index (χ1) is 12.2. The van der Waals surface area contributed by atoms with Crippen LogP contribution >= 0.6 is 0 Å². The highest BCUT2D eigenvalue weighted by Crippen LogP contribution is 2.17. The number of pyridine rings is 1. The average Bonchev–Trinajstić information content (AvgIpc) is 3.35. The number of carbonyl (C=O) groups is 1. The first-order valence-corrected chi connectivity index (χ1v) is 7.99. The molecular weight excluding hydrogens is 318 g/mol. The van der Waals surface area contributed by atoms with Gasteiger partial charge in [-0.3, -0.25) is 9.20 Å². The van der Waals surface area contributed by atoms with Crippen molar-refractivity contribution < 1.29 is 13.6 Å². The number of imidazole rings is 1. The van der Waals surface area contributed by atoms with Gasteiger partial charge in [0.2, 0.25) is 0 Å². The molecule has 0 aromatic carbocycles. The van der Waals surface area contributed by atoms with Gasteiger partial charge in [0.05, 0.1) is 37.4 Å². The van der Waals surface area contributed by atoms with Gasteiger partial charge in [-0.15, -0.1) is 0 Å². The zero-order valence-electron chi connectivity index (χ0n) is 13.8. The van der Waals surface area contributed by atoms with Crippen molar-refractivity contribution in [3.05, 3.63) is 84.2 Å². The summed E-state index contributed by atoms with van der Waals surface area (Å²) >= 11 is 0. The fraction of sp³-hybridized carbons (Fsp3) is 0.158. The number of hydrogen-bond donors (Lipinski definition) is 0. The van der Waals surface area contributed by atoms with Crippen LogP contribution < -0.4 is 0 Å². The van der Waals surface area contributed by atoms with Gasteiger partial charge in [0.25, 0.3) is 5.91 Å². The lowest BCUT2D eigenvalue weighted by atomic mass is 10.2. The maximum Gasteiger partial charge on any atom is 0.271 e. The molecule has 0 N–H and O–H groups in total. The minimum absolute atomic E-state index is 0.117. The second-order valence-corrected chi connectivity index (χ2v) is 5.85.